The zero-order valence-corrected chi connectivity index (χ0v) is 9.75. The first kappa shape index (κ1) is 12.1. The third-order valence-corrected chi connectivity index (χ3v) is 2.62. The number of rotatable bonds is 5. The lowest BCUT2D eigenvalue weighted by atomic mass is 10.1. The number of furan rings is 1. The molecule has 84 valence electrons. The predicted octanol–water partition coefficient (Wildman–Crippen LogP) is 2.20. The second-order valence-corrected chi connectivity index (χ2v) is 4.06. The van der Waals surface area contributed by atoms with Crippen molar-refractivity contribution < 1.29 is 9.21 Å². The summed E-state index contributed by atoms with van der Waals surface area (Å²) in [7, 11) is 0. The number of halogens is 1. The van der Waals surface area contributed by atoms with Gasteiger partial charge in [0, 0.05) is 24.3 Å². The van der Waals surface area contributed by atoms with Gasteiger partial charge in [-0.2, -0.15) is 0 Å². The average Bonchev–Trinajstić information content (AvgIpc) is 2.68. The SMILES string of the molecule is CC(Cc1ccco1)NC(=O)C(C)CCl. The van der Waals surface area contributed by atoms with E-state index in [4.69, 9.17) is 16.0 Å². The van der Waals surface area contributed by atoms with Crippen LogP contribution in [0.1, 0.15) is 19.6 Å². The molecule has 1 rings (SSSR count). The molecule has 1 heterocycles. The van der Waals surface area contributed by atoms with Gasteiger partial charge in [-0.1, -0.05) is 6.92 Å². The van der Waals surface area contributed by atoms with Crippen LogP contribution >= 0.6 is 11.6 Å². The fraction of sp³-hybridized carbons (Fsp3) is 0.545. The lowest BCUT2D eigenvalue weighted by Gasteiger charge is -2.15. The maximum Gasteiger partial charge on any atom is 0.224 e. The van der Waals surface area contributed by atoms with Gasteiger partial charge in [-0.15, -0.1) is 11.6 Å². The molecular formula is C11H16ClNO2. The molecule has 2 atom stereocenters. The van der Waals surface area contributed by atoms with Crippen molar-refractivity contribution in [3.8, 4) is 0 Å². The minimum atomic E-state index is -0.147. The van der Waals surface area contributed by atoms with Crippen molar-refractivity contribution >= 4 is 17.5 Å². The van der Waals surface area contributed by atoms with Crippen molar-refractivity contribution in [2.24, 2.45) is 5.92 Å². The normalized spacial score (nSPS) is 14.6. The standard InChI is InChI=1S/C11H16ClNO2/c1-8(7-12)11(14)13-9(2)6-10-4-3-5-15-10/h3-5,8-9H,6-7H2,1-2H3,(H,13,14). The highest BCUT2D eigenvalue weighted by atomic mass is 35.5. The van der Waals surface area contributed by atoms with Gasteiger partial charge in [-0.3, -0.25) is 4.79 Å². The largest absolute Gasteiger partial charge is 0.469 e. The van der Waals surface area contributed by atoms with Crippen molar-refractivity contribution in [3.63, 3.8) is 0 Å². The molecule has 0 fully saturated rings. The Morgan fingerprint density at radius 1 is 1.60 bits per heavy atom. The lowest BCUT2D eigenvalue weighted by Crippen LogP contribution is -2.38. The van der Waals surface area contributed by atoms with Crippen LogP contribution in [-0.2, 0) is 11.2 Å². The Morgan fingerprint density at radius 2 is 2.33 bits per heavy atom. The Hall–Kier alpha value is -0.960. The lowest BCUT2D eigenvalue weighted by molar-refractivity contribution is -0.124. The van der Waals surface area contributed by atoms with Crippen molar-refractivity contribution in [1.82, 2.24) is 5.32 Å². The first-order valence-electron chi connectivity index (χ1n) is 5.02. The molecule has 0 bridgehead atoms. The van der Waals surface area contributed by atoms with Gasteiger partial charge in [0.15, 0.2) is 0 Å². The molecule has 0 aliphatic carbocycles. The molecule has 15 heavy (non-hydrogen) atoms. The molecule has 1 N–H and O–H groups in total. The number of alkyl halides is 1. The molecule has 0 aliphatic rings. The highest BCUT2D eigenvalue weighted by molar-refractivity contribution is 6.19. The fourth-order valence-electron chi connectivity index (χ4n) is 1.24. The zero-order chi connectivity index (χ0) is 11.3. The van der Waals surface area contributed by atoms with Crippen molar-refractivity contribution in [1.29, 1.82) is 0 Å². The van der Waals surface area contributed by atoms with Gasteiger partial charge in [0.2, 0.25) is 5.91 Å². The molecule has 4 heteroatoms. The summed E-state index contributed by atoms with van der Waals surface area (Å²) >= 11 is 5.59. The molecule has 2 unspecified atom stereocenters. The van der Waals surface area contributed by atoms with E-state index in [0.717, 1.165) is 5.76 Å². The van der Waals surface area contributed by atoms with Gasteiger partial charge in [-0.05, 0) is 19.1 Å². The summed E-state index contributed by atoms with van der Waals surface area (Å²) in [5, 5.41) is 2.89. The van der Waals surface area contributed by atoms with Crippen LogP contribution in [0.15, 0.2) is 22.8 Å². The quantitative estimate of drug-likeness (QED) is 0.787. The van der Waals surface area contributed by atoms with Gasteiger partial charge in [0.05, 0.1) is 6.26 Å². The van der Waals surface area contributed by atoms with Crippen LogP contribution in [0.5, 0.6) is 0 Å². The van der Waals surface area contributed by atoms with Crippen LogP contribution < -0.4 is 5.32 Å². The van der Waals surface area contributed by atoms with E-state index in [1.54, 1.807) is 6.26 Å². The molecule has 0 aliphatic heterocycles. The number of hydrogen-bond donors (Lipinski definition) is 1. The maximum atomic E-state index is 11.5. The summed E-state index contributed by atoms with van der Waals surface area (Å²) in [6.07, 6.45) is 2.33. The summed E-state index contributed by atoms with van der Waals surface area (Å²) in [5.41, 5.74) is 0. The molecule has 1 aromatic heterocycles. The van der Waals surface area contributed by atoms with E-state index in [2.05, 4.69) is 5.32 Å². The zero-order valence-electron chi connectivity index (χ0n) is 9.00. The molecule has 0 spiro atoms. The van der Waals surface area contributed by atoms with Gasteiger partial charge in [0.1, 0.15) is 5.76 Å². The number of carbonyl (C=O) groups is 1. The van der Waals surface area contributed by atoms with Crippen LogP contribution in [0.4, 0.5) is 0 Å². The van der Waals surface area contributed by atoms with Crippen molar-refractivity contribution in [2.45, 2.75) is 26.3 Å². The Labute approximate surface area is 94.8 Å². The van der Waals surface area contributed by atoms with Crippen LogP contribution in [0.2, 0.25) is 0 Å². The minimum absolute atomic E-state index is 0.0101. The number of hydrogen-bond acceptors (Lipinski definition) is 2. The van der Waals surface area contributed by atoms with Gasteiger partial charge in [-0.25, -0.2) is 0 Å². The number of amides is 1. The monoisotopic (exact) mass is 229 g/mol. The Bertz CT molecular complexity index is 298. The maximum absolute atomic E-state index is 11.5. The van der Waals surface area contributed by atoms with Crippen LogP contribution in [0.25, 0.3) is 0 Å². The Kier molecular flexibility index (Phi) is 4.69. The van der Waals surface area contributed by atoms with E-state index in [1.807, 2.05) is 26.0 Å². The fourth-order valence-corrected chi connectivity index (χ4v) is 1.38. The third-order valence-electron chi connectivity index (χ3n) is 2.16. The highest BCUT2D eigenvalue weighted by Gasteiger charge is 2.14. The molecule has 3 nitrogen and oxygen atoms in total. The molecule has 1 amide bonds. The molecule has 0 saturated heterocycles. The topological polar surface area (TPSA) is 42.2 Å². The van der Waals surface area contributed by atoms with Crippen LogP contribution in [-0.4, -0.2) is 17.8 Å². The summed E-state index contributed by atoms with van der Waals surface area (Å²) < 4.78 is 5.20. The second kappa shape index (κ2) is 5.81. The Balaban J connectivity index is 2.36. The summed E-state index contributed by atoms with van der Waals surface area (Å²) in [6, 6.07) is 3.80. The van der Waals surface area contributed by atoms with Gasteiger partial charge >= 0.3 is 0 Å². The third kappa shape index (κ3) is 3.96. The van der Waals surface area contributed by atoms with Crippen LogP contribution in [0.3, 0.4) is 0 Å². The van der Waals surface area contributed by atoms with E-state index < -0.39 is 0 Å². The average molecular weight is 230 g/mol. The molecule has 0 radical (unpaired) electrons. The van der Waals surface area contributed by atoms with Crippen LogP contribution in [0, 0.1) is 5.92 Å². The van der Waals surface area contributed by atoms with E-state index in [-0.39, 0.29) is 17.9 Å². The Morgan fingerprint density at radius 3 is 2.87 bits per heavy atom. The van der Waals surface area contributed by atoms with Gasteiger partial charge in [0.25, 0.3) is 0 Å². The molecule has 0 aromatic carbocycles. The smallest absolute Gasteiger partial charge is 0.224 e. The van der Waals surface area contributed by atoms with E-state index >= 15 is 0 Å². The van der Waals surface area contributed by atoms with E-state index in [9.17, 15) is 4.79 Å². The number of carbonyl (C=O) groups excluding carboxylic acids is 1. The summed E-state index contributed by atoms with van der Waals surface area (Å²) in [4.78, 5) is 11.5. The van der Waals surface area contributed by atoms with Gasteiger partial charge < -0.3 is 9.73 Å². The second-order valence-electron chi connectivity index (χ2n) is 3.75. The number of nitrogens with one attached hydrogen (secondary N) is 1. The molecular weight excluding hydrogens is 214 g/mol. The first-order chi connectivity index (χ1) is 7.13. The van der Waals surface area contributed by atoms with E-state index in [0.29, 0.717) is 12.3 Å². The van der Waals surface area contributed by atoms with Crippen molar-refractivity contribution in [2.75, 3.05) is 5.88 Å². The summed E-state index contributed by atoms with van der Waals surface area (Å²) in [6.45, 7) is 3.75. The highest BCUT2D eigenvalue weighted by Crippen LogP contribution is 2.05. The summed E-state index contributed by atoms with van der Waals surface area (Å²) in [5.74, 6) is 1.07. The van der Waals surface area contributed by atoms with Crippen molar-refractivity contribution in [3.05, 3.63) is 24.2 Å². The first-order valence-corrected chi connectivity index (χ1v) is 5.55. The molecule has 1 aromatic rings. The minimum Gasteiger partial charge on any atom is -0.469 e. The predicted molar refractivity (Wildman–Crippen MR) is 59.9 cm³/mol. The van der Waals surface area contributed by atoms with E-state index in [1.165, 1.54) is 0 Å². The molecule has 0 saturated carbocycles.